The summed E-state index contributed by atoms with van der Waals surface area (Å²) in [6.07, 6.45) is 2.05. The van der Waals surface area contributed by atoms with Gasteiger partial charge in [-0.2, -0.15) is 0 Å². The lowest BCUT2D eigenvalue weighted by Crippen LogP contribution is -2.32. The molecule has 7 heteroatoms. The van der Waals surface area contributed by atoms with E-state index in [0.29, 0.717) is 11.7 Å². The Morgan fingerprint density at radius 3 is 2.83 bits per heavy atom. The minimum atomic E-state index is -0.250. The summed E-state index contributed by atoms with van der Waals surface area (Å²) in [5, 5.41) is 3.96. The molecule has 0 aromatic carbocycles. The number of ether oxygens (including phenoxy) is 1. The molecule has 0 amide bonds. The molecule has 2 aromatic rings. The standard InChI is InChI=1S/C17H20N4O2S/c1-11-6-7-13(19-11)16-15(12-5-3-4-9-18-12)20-17(24)21(16)10-8-14(22)23-2/h3-7,9,15-16,19H,8,10H2,1-2H3,(H,20,24)/t15-,16-/m1/s1. The van der Waals surface area contributed by atoms with E-state index < -0.39 is 0 Å². The number of aromatic amines is 1. The van der Waals surface area contributed by atoms with Gasteiger partial charge in [0.2, 0.25) is 0 Å². The van der Waals surface area contributed by atoms with Crippen LogP contribution in [0.2, 0.25) is 0 Å². The first kappa shape index (κ1) is 16.4. The highest BCUT2D eigenvalue weighted by Crippen LogP contribution is 2.37. The molecule has 0 aliphatic carbocycles. The van der Waals surface area contributed by atoms with Crippen LogP contribution in [-0.4, -0.2) is 39.6 Å². The number of nitrogens with zero attached hydrogens (tertiary/aromatic N) is 2. The predicted octanol–water partition coefficient (Wildman–Crippen LogP) is 2.25. The van der Waals surface area contributed by atoms with Crippen molar-refractivity contribution in [2.75, 3.05) is 13.7 Å². The average Bonchev–Trinajstić information content (AvgIpc) is 3.16. The molecule has 0 saturated carbocycles. The number of thiocarbonyl (C=S) groups is 1. The van der Waals surface area contributed by atoms with Crippen LogP contribution in [0, 0.1) is 6.92 Å². The molecular weight excluding hydrogens is 324 g/mol. The van der Waals surface area contributed by atoms with Crippen molar-refractivity contribution >= 4 is 23.3 Å². The SMILES string of the molecule is COC(=O)CCN1C(=S)N[C@H](c2ccccn2)[C@H]1c1ccc(C)[nH]1. The fourth-order valence-corrected chi connectivity index (χ4v) is 3.33. The Kier molecular flexibility index (Phi) is 4.80. The molecule has 1 aliphatic rings. The first-order valence-electron chi connectivity index (χ1n) is 7.80. The van der Waals surface area contributed by atoms with Gasteiger partial charge < -0.3 is 19.9 Å². The van der Waals surface area contributed by atoms with Gasteiger partial charge in [-0.05, 0) is 43.4 Å². The zero-order chi connectivity index (χ0) is 17.1. The molecule has 2 atom stereocenters. The van der Waals surface area contributed by atoms with Gasteiger partial charge >= 0.3 is 5.97 Å². The molecule has 1 saturated heterocycles. The van der Waals surface area contributed by atoms with Crippen LogP contribution >= 0.6 is 12.2 Å². The number of H-pyrrole nitrogens is 1. The Labute approximate surface area is 146 Å². The van der Waals surface area contributed by atoms with Gasteiger partial charge in [0.05, 0.1) is 31.3 Å². The summed E-state index contributed by atoms with van der Waals surface area (Å²) in [6.45, 7) is 2.50. The van der Waals surface area contributed by atoms with Crippen LogP contribution in [0.1, 0.15) is 35.6 Å². The number of carbonyl (C=O) groups is 1. The van der Waals surface area contributed by atoms with Gasteiger partial charge in [0.25, 0.3) is 0 Å². The number of methoxy groups -OCH3 is 1. The highest BCUT2D eigenvalue weighted by molar-refractivity contribution is 7.80. The highest BCUT2D eigenvalue weighted by Gasteiger charge is 2.40. The first-order valence-corrected chi connectivity index (χ1v) is 8.21. The topological polar surface area (TPSA) is 70.2 Å². The van der Waals surface area contributed by atoms with Crippen LogP contribution in [0.3, 0.4) is 0 Å². The van der Waals surface area contributed by atoms with Gasteiger partial charge in [0.1, 0.15) is 0 Å². The molecule has 0 bridgehead atoms. The van der Waals surface area contributed by atoms with E-state index in [0.717, 1.165) is 17.1 Å². The highest BCUT2D eigenvalue weighted by atomic mass is 32.1. The van der Waals surface area contributed by atoms with Gasteiger partial charge in [0.15, 0.2) is 5.11 Å². The van der Waals surface area contributed by atoms with Crippen molar-refractivity contribution in [1.82, 2.24) is 20.2 Å². The van der Waals surface area contributed by atoms with E-state index in [1.165, 1.54) is 7.11 Å². The largest absolute Gasteiger partial charge is 0.469 e. The molecule has 1 fully saturated rings. The van der Waals surface area contributed by atoms with Gasteiger partial charge in [0, 0.05) is 24.1 Å². The van der Waals surface area contributed by atoms with E-state index in [4.69, 9.17) is 17.0 Å². The van der Waals surface area contributed by atoms with E-state index in [-0.39, 0.29) is 24.5 Å². The van der Waals surface area contributed by atoms with E-state index in [1.807, 2.05) is 36.1 Å². The summed E-state index contributed by atoms with van der Waals surface area (Å²) in [5.41, 5.74) is 3.04. The molecule has 3 rings (SSSR count). The van der Waals surface area contributed by atoms with Crippen molar-refractivity contribution < 1.29 is 9.53 Å². The number of nitrogens with one attached hydrogen (secondary N) is 2. The van der Waals surface area contributed by atoms with E-state index >= 15 is 0 Å². The molecular formula is C17H20N4O2S. The number of aryl methyl sites for hydroxylation is 1. The molecule has 24 heavy (non-hydrogen) atoms. The molecule has 0 unspecified atom stereocenters. The normalized spacial score (nSPS) is 20.1. The fraction of sp³-hybridized carbons (Fsp3) is 0.353. The van der Waals surface area contributed by atoms with Gasteiger partial charge in [-0.25, -0.2) is 0 Å². The molecule has 0 spiro atoms. The monoisotopic (exact) mass is 344 g/mol. The van der Waals surface area contributed by atoms with Crippen LogP contribution in [0.4, 0.5) is 0 Å². The number of esters is 1. The van der Waals surface area contributed by atoms with Gasteiger partial charge in [-0.3, -0.25) is 9.78 Å². The Bertz CT molecular complexity index is 731. The van der Waals surface area contributed by atoms with Crippen molar-refractivity contribution in [2.45, 2.75) is 25.4 Å². The maximum Gasteiger partial charge on any atom is 0.307 e. The average molecular weight is 344 g/mol. The molecule has 6 nitrogen and oxygen atoms in total. The second-order valence-electron chi connectivity index (χ2n) is 5.74. The lowest BCUT2D eigenvalue weighted by molar-refractivity contribution is -0.140. The maximum atomic E-state index is 11.5. The number of pyridine rings is 1. The number of rotatable bonds is 5. The lowest BCUT2D eigenvalue weighted by atomic mass is 10.0. The Morgan fingerprint density at radius 1 is 1.38 bits per heavy atom. The molecule has 0 radical (unpaired) electrons. The zero-order valence-electron chi connectivity index (χ0n) is 13.7. The predicted molar refractivity (Wildman–Crippen MR) is 94.3 cm³/mol. The second kappa shape index (κ2) is 7.00. The summed E-state index contributed by atoms with van der Waals surface area (Å²) < 4.78 is 4.75. The minimum Gasteiger partial charge on any atom is -0.469 e. The Morgan fingerprint density at radius 2 is 2.21 bits per heavy atom. The molecule has 126 valence electrons. The van der Waals surface area contributed by atoms with E-state index in [1.54, 1.807) is 6.20 Å². The van der Waals surface area contributed by atoms with Crippen LogP contribution in [-0.2, 0) is 9.53 Å². The summed E-state index contributed by atoms with van der Waals surface area (Å²) >= 11 is 5.51. The summed E-state index contributed by atoms with van der Waals surface area (Å²) in [5.74, 6) is -0.250. The lowest BCUT2D eigenvalue weighted by Gasteiger charge is -2.26. The Balaban J connectivity index is 1.92. The van der Waals surface area contributed by atoms with Gasteiger partial charge in [-0.1, -0.05) is 6.07 Å². The van der Waals surface area contributed by atoms with Crippen LogP contribution in [0.25, 0.3) is 0 Å². The van der Waals surface area contributed by atoms with Crippen LogP contribution in [0.5, 0.6) is 0 Å². The molecule has 2 aromatic heterocycles. The third kappa shape index (κ3) is 3.26. The van der Waals surface area contributed by atoms with Crippen LogP contribution < -0.4 is 5.32 Å². The zero-order valence-corrected chi connectivity index (χ0v) is 14.5. The Hall–Kier alpha value is -2.41. The number of carbonyl (C=O) groups excluding carboxylic acids is 1. The molecule has 3 heterocycles. The van der Waals surface area contributed by atoms with Crippen molar-refractivity contribution in [3.8, 4) is 0 Å². The second-order valence-corrected chi connectivity index (χ2v) is 6.13. The maximum absolute atomic E-state index is 11.5. The first-order chi connectivity index (χ1) is 11.6. The molecule has 1 aliphatic heterocycles. The van der Waals surface area contributed by atoms with E-state index in [2.05, 4.69) is 21.4 Å². The number of hydrogen-bond donors (Lipinski definition) is 2. The minimum absolute atomic E-state index is 0.0502. The summed E-state index contributed by atoms with van der Waals surface area (Å²) in [4.78, 5) is 21.4. The quantitative estimate of drug-likeness (QED) is 0.640. The summed E-state index contributed by atoms with van der Waals surface area (Å²) in [7, 11) is 1.39. The van der Waals surface area contributed by atoms with E-state index in [9.17, 15) is 4.79 Å². The van der Waals surface area contributed by atoms with Gasteiger partial charge in [-0.15, -0.1) is 0 Å². The van der Waals surface area contributed by atoms with Crippen molar-refractivity contribution in [3.63, 3.8) is 0 Å². The van der Waals surface area contributed by atoms with Crippen LogP contribution in [0.15, 0.2) is 36.5 Å². The third-order valence-corrected chi connectivity index (χ3v) is 4.51. The molecule has 2 N–H and O–H groups in total. The fourth-order valence-electron chi connectivity index (χ4n) is 3.00. The smallest absolute Gasteiger partial charge is 0.307 e. The van der Waals surface area contributed by atoms with Crippen molar-refractivity contribution in [3.05, 3.63) is 53.6 Å². The number of hydrogen-bond acceptors (Lipinski definition) is 4. The van der Waals surface area contributed by atoms with Crippen molar-refractivity contribution in [2.24, 2.45) is 0 Å². The summed E-state index contributed by atoms with van der Waals surface area (Å²) in [6, 6.07) is 9.79. The number of aromatic nitrogens is 2. The third-order valence-electron chi connectivity index (χ3n) is 4.16. The van der Waals surface area contributed by atoms with Crippen molar-refractivity contribution in [1.29, 1.82) is 0 Å².